The van der Waals surface area contributed by atoms with Crippen LogP contribution in [0.1, 0.15) is 59.8 Å². The van der Waals surface area contributed by atoms with E-state index in [1.165, 1.54) is 12.8 Å². The van der Waals surface area contributed by atoms with Crippen LogP contribution in [0.5, 0.6) is 0 Å². The molecular weight excluding hydrogens is 262 g/mol. The molecule has 1 saturated heterocycles. The standard InChI is InChI=1S/C17H33N3O/c1-13(2)12-15-18-17(8-6-7-9-17)16(21)20(15)11-10-19(5)14(3)4/h13-15,18H,6-12H2,1-5H3. The van der Waals surface area contributed by atoms with Crippen LogP contribution in [0.3, 0.4) is 0 Å². The number of carbonyl (C=O) groups is 1. The van der Waals surface area contributed by atoms with Gasteiger partial charge in [-0.25, -0.2) is 0 Å². The Morgan fingerprint density at radius 3 is 2.43 bits per heavy atom. The van der Waals surface area contributed by atoms with Crippen LogP contribution in [-0.4, -0.2) is 53.6 Å². The highest BCUT2D eigenvalue weighted by molar-refractivity contribution is 5.89. The summed E-state index contributed by atoms with van der Waals surface area (Å²) >= 11 is 0. The van der Waals surface area contributed by atoms with Gasteiger partial charge in [-0.05, 0) is 46.1 Å². The summed E-state index contributed by atoms with van der Waals surface area (Å²) in [5.74, 6) is 0.972. The zero-order valence-corrected chi connectivity index (χ0v) is 14.5. The van der Waals surface area contributed by atoms with E-state index in [-0.39, 0.29) is 11.7 Å². The zero-order chi connectivity index (χ0) is 15.6. The Hall–Kier alpha value is -0.610. The molecule has 2 aliphatic rings. The lowest BCUT2D eigenvalue weighted by Gasteiger charge is -2.29. The molecule has 21 heavy (non-hydrogen) atoms. The Labute approximate surface area is 130 Å². The molecule has 2 rings (SSSR count). The molecule has 0 aromatic heterocycles. The molecule has 1 aliphatic carbocycles. The molecule has 2 fully saturated rings. The fraction of sp³-hybridized carbons (Fsp3) is 0.941. The van der Waals surface area contributed by atoms with Gasteiger partial charge in [-0.2, -0.15) is 0 Å². The summed E-state index contributed by atoms with van der Waals surface area (Å²) in [5, 5.41) is 3.71. The third-order valence-electron chi connectivity index (χ3n) is 5.22. The van der Waals surface area contributed by atoms with Crippen LogP contribution >= 0.6 is 0 Å². The zero-order valence-electron chi connectivity index (χ0n) is 14.5. The maximum Gasteiger partial charge on any atom is 0.244 e. The van der Waals surface area contributed by atoms with Crippen molar-refractivity contribution in [2.24, 2.45) is 5.92 Å². The van der Waals surface area contributed by atoms with Crippen molar-refractivity contribution in [3.63, 3.8) is 0 Å². The van der Waals surface area contributed by atoms with Gasteiger partial charge in [0.2, 0.25) is 5.91 Å². The van der Waals surface area contributed by atoms with Crippen LogP contribution in [0.2, 0.25) is 0 Å². The van der Waals surface area contributed by atoms with Crippen molar-refractivity contribution in [1.29, 1.82) is 0 Å². The van der Waals surface area contributed by atoms with Crippen LogP contribution < -0.4 is 5.32 Å². The molecule has 1 spiro atoms. The second-order valence-electron chi connectivity index (χ2n) is 7.65. The third-order valence-corrected chi connectivity index (χ3v) is 5.22. The number of carbonyl (C=O) groups excluding carboxylic acids is 1. The lowest BCUT2D eigenvalue weighted by atomic mass is 9.98. The van der Waals surface area contributed by atoms with E-state index in [9.17, 15) is 4.79 Å². The molecule has 0 aromatic rings. The van der Waals surface area contributed by atoms with E-state index in [2.05, 4.69) is 49.9 Å². The van der Waals surface area contributed by atoms with E-state index in [1.807, 2.05) is 0 Å². The summed E-state index contributed by atoms with van der Waals surface area (Å²) in [5.41, 5.74) is -0.226. The summed E-state index contributed by atoms with van der Waals surface area (Å²) in [4.78, 5) is 17.4. The average Bonchev–Trinajstić information content (AvgIpc) is 2.95. The van der Waals surface area contributed by atoms with Crippen molar-refractivity contribution < 1.29 is 4.79 Å². The Balaban J connectivity index is 2.05. The topological polar surface area (TPSA) is 35.6 Å². The predicted molar refractivity (Wildman–Crippen MR) is 87.1 cm³/mol. The number of nitrogens with one attached hydrogen (secondary N) is 1. The van der Waals surface area contributed by atoms with Gasteiger partial charge in [0.25, 0.3) is 0 Å². The van der Waals surface area contributed by atoms with Crippen molar-refractivity contribution in [3.05, 3.63) is 0 Å². The first-order valence-corrected chi connectivity index (χ1v) is 8.65. The fourth-order valence-corrected chi connectivity index (χ4v) is 3.63. The molecule has 1 unspecified atom stereocenters. The largest absolute Gasteiger partial charge is 0.324 e. The van der Waals surface area contributed by atoms with Crippen molar-refractivity contribution in [3.8, 4) is 0 Å². The SMILES string of the molecule is CC(C)CC1NC2(CCCC2)C(=O)N1CCN(C)C(C)C. The van der Waals surface area contributed by atoms with Crippen LogP contribution in [0, 0.1) is 5.92 Å². The Kier molecular flexibility index (Phi) is 5.31. The minimum atomic E-state index is -0.226. The highest BCUT2D eigenvalue weighted by Gasteiger charge is 2.51. The molecular formula is C17H33N3O. The molecule has 1 heterocycles. The first kappa shape index (κ1) is 16.8. The van der Waals surface area contributed by atoms with E-state index in [4.69, 9.17) is 0 Å². The number of nitrogens with zero attached hydrogens (tertiary/aromatic N) is 2. The Bertz CT molecular complexity index is 361. The van der Waals surface area contributed by atoms with Crippen molar-refractivity contribution in [2.75, 3.05) is 20.1 Å². The van der Waals surface area contributed by atoms with Crippen LogP contribution in [-0.2, 0) is 4.79 Å². The van der Waals surface area contributed by atoms with Gasteiger partial charge < -0.3 is 9.80 Å². The number of likely N-dealkylation sites (N-methyl/N-ethyl adjacent to an activating group) is 1. The molecule has 0 aromatic carbocycles. The van der Waals surface area contributed by atoms with E-state index >= 15 is 0 Å². The second-order valence-corrected chi connectivity index (χ2v) is 7.65. The summed E-state index contributed by atoms with van der Waals surface area (Å²) in [6, 6.07) is 0.527. The van der Waals surface area contributed by atoms with Crippen LogP contribution in [0.15, 0.2) is 0 Å². The van der Waals surface area contributed by atoms with Gasteiger partial charge in [0.05, 0.1) is 11.7 Å². The lowest BCUT2D eigenvalue weighted by Crippen LogP contribution is -2.45. The van der Waals surface area contributed by atoms with Gasteiger partial charge in [0.1, 0.15) is 0 Å². The minimum absolute atomic E-state index is 0.226. The van der Waals surface area contributed by atoms with E-state index in [0.717, 1.165) is 32.4 Å². The molecule has 4 heteroatoms. The predicted octanol–water partition coefficient (Wildman–Crippen LogP) is 2.44. The monoisotopic (exact) mass is 295 g/mol. The molecule has 1 N–H and O–H groups in total. The molecule has 4 nitrogen and oxygen atoms in total. The highest BCUT2D eigenvalue weighted by atomic mass is 16.2. The molecule has 0 radical (unpaired) electrons. The van der Waals surface area contributed by atoms with Gasteiger partial charge in [0, 0.05) is 19.1 Å². The van der Waals surface area contributed by atoms with Gasteiger partial charge in [0.15, 0.2) is 0 Å². The Morgan fingerprint density at radius 2 is 1.90 bits per heavy atom. The maximum absolute atomic E-state index is 12.9. The van der Waals surface area contributed by atoms with E-state index in [1.54, 1.807) is 0 Å². The molecule has 122 valence electrons. The third kappa shape index (κ3) is 3.59. The summed E-state index contributed by atoms with van der Waals surface area (Å²) in [7, 11) is 2.14. The average molecular weight is 295 g/mol. The van der Waals surface area contributed by atoms with Gasteiger partial charge in [-0.15, -0.1) is 0 Å². The van der Waals surface area contributed by atoms with Crippen molar-refractivity contribution in [1.82, 2.24) is 15.1 Å². The quantitative estimate of drug-likeness (QED) is 0.817. The molecule has 1 atom stereocenters. The van der Waals surface area contributed by atoms with Gasteiger partial charge in [-0.1, -0.05) is 26.7 Å². The van der Waals surface area contributed by atoms with Gasteiger partial charge in [-0.3, -0.25) is 10.1 Å². The number of hydrogen-bond donors (Lipinski definition) is 1. The minimum Gasteiger partial charge on any atom is -0.324 e. The number of rotatable bonds is 6. The normalized spacial score (nSPS) is 25.2. The fourth-order valence-electron chi connectivity index (χ4n) is 3.63. The highest BCUT2D eigenvalue weighted by Crippen LogP contribution is 2.37. The molecule has 1 amide bonds. The van der Waals surface area contributed by atoms with E-state index < -0.39 is 0 Å². The lowest BCUT2D eigenvalue weighted by molar-refractivity contribution is -0.133. The second kappa shape index (κ2) is 6.66. The summed E-state index contributed by atoms with van der Waals surface area (Å²) < 4.78 is 0. The molecule has 1 aliphatic heterocycles. The number of hydrogen-bond acceptors (Lipinski definition) is 3. The van der Waals surface area contributed by atoms with Crippen LogP contribution in [0.4, 0.5) is 0 Å². The molecule has 0 bridgehead atoms. The smallest absolute Gasteiger partial charge is 0.244 e. The molecule has 1 saturated carbocycles. The van der Waals surface area contributed by atoms with Crippen LogP contribution in [0.25, 0.3) is 0 Å². The first-order chi connectivity index (χ1) is 9.85. The van der Waals surface area contributed by atoms with Crippen molar-refractivity contribution in [2.45, 2.75) is 77.5 Å². The van der Waals surface area contributed by atoms with Gasteiger partial charge >= 0.3 is 0 Å². The van der Waals surface area contributed by atoms with Crippen molar-refractivity contribution >= 4 is 5.91 Å². The first-order valence-electron chi connectivity index (χ1n) is 8.65. The number of amides is 1. The Morgan fingerprint density at radius 1 is 1.29 bits per heavy atom. The maximum atomic E-state index is 12.9. The summed E-state index contributed by atoms with van der Waals surface area (Å²) in [6.07, 6.45) is 5.71. The summed E-state index contributed by atoms with van der Waals surface area (Å²) in [6.45, 7) is 10.7. The van der Waals surface area contributed by atoms with E-state index in [0.29, 0.717) is 17.9 Å².